The molecule has 2 heterocycles. The summed E-state index contributed by atoms with van der Waals surface area (Å²) in [4.78, 5) is 11.0. The van der Waals surface area contributed by atoms with Gasteiger partial charge in [0.1, 0.15) is 12.4 Å². The number of nitrogens with two attached hydrogens (primary N) is 1. The normalized spacial score (nSPS) is 10.1. The van der Waals surface area contributed by atoms with Gasteiger partial charge in [-0.15, -0.1) is 0 Å². The molecule has 0 aliphatic rings. The van der Waals surface area contributed by atoms with Crippen LogP contribution in [0.4, 0.5) is 0 Å². The largest absolute Gasteiger partial charge is 1.00 e. The summed E-state index contributed by atoms with van der Waals surface area (Å²) in [5, 5.41) is 11.7. The molecular weight excluding hydrogens is 341 g/mol. The Bertz CT molecular complexity index is 656. The number of halogens is 2. The molecular formula is C14H19Cl2N5O2. The minimum absolute atomic E-state index is 0. The lowest BCUT2D eigenvalue weighted by Crippen LogP contribution is -3.00. The van der Waals surface area contributed by atoms with Gasteiger partial charge in [0, 0.05) is 18.6 Å². The van der Waals surface area contributed by atoms with Crippen molar-refractivity contribution in [3.63, 3.8) is 0 Å². The van der Waals surface area contributed by atoms with Crippen molar-refractivity contribution in [3.8, 4) is 0 Å². The standard InChI is InChI=1S/C14H17N5O2.2ClH/c1-17-9-10-19(13(17)11-16-21)6-2-5-18-7-3-12(4-8-18)14(15)20;;/h3-4,7-11H,2,5-6H2,1H3,(H-,15,20);2*1H. The van der Waals surface area contributed by atoms with E-state index in [1.807, 2.05) is 45.5 Å². The highest BCUT2D eigenvalue weighted by molar-refractivity contribution is 5.92. The second-order valence-electron chi connectivity index (χ2n) is 4.75. The molecule has 0 bridgehead atoms. The number of aryl methyl sites for hydroxylation is 3. The maximum absolute atomic E-state index is 11.0. The summed E-state index contributed by atoms with van der Waals surface area (Å²) >= 11 is 0. The Balaban J connectivity index is 0.00000242. The molecule has 0 saturated heterocycles. The van der Waals surface area contributed by atoms with E-state index in [2.05, 4.69) is 5.16 Å². The summed E-state index contributed by atoms with van der Waals surface area (Å²) in [6.45, 7) is 1.61. The van der Waals surface area contributed by atoms with Crippen LogP contribution in [0.2, 0.25) is 0 Å². The van der Waals surface area contributed by atoms with Crippen LogP contribution < -0.4 is 39.7 Å². The van der Waals surface area contributed by atoms with Crippen molar-refractivity contribution in [1.82, 2.24) is 4.57 Å². The number of rotatable bonds is 6. The first-order valence-corrected chi connectivity index (χ1v) is 6.63. The van der Waals surface area contributed by atoms with Gasteiger partial charge in [0.15, 0.2) is 25.2 Å². The van der Waals surface area contributed by atoms with E-state index in [0.29, 0.717) is 5.56 Å². The molecule has 7 nitrogen and oxygen atoms in total. The molecule has 2 aromatic rings. The topological polar surface area (TPSA) is 88.4 Å². The summed E-state index contributed by atoms with van der Waals surface area (Å²) in [5.74, 6) is 0.404. The van der Waals surface area contributed by atoms with Crippen LogP contribution in [-0.2, 0) is 20.1 Å². The highest BCUT2D eigenvalue weighted by atomic mass is 35.5. The van der Waals surface area contributed by atoms with Gasteiger partial charge < -0.3 is 35.8 Å². The molecule has 3 N–H and O–H groups in total. The number of primary amides is 1. The summed E-state index contributed by atoms with van der Waals surface area (Å²) < 4.78 is 5.89. The van der Waals surface area contributed by atoms with E-state index < -0.39 is 5.91 Å². The van der Waals surface area contributed by atoms with Crippen LogP contribution in [0.15, 0.2) is 42.1 Å². The van der Waals surface area contributed by atoms with Gasteiger partial charge in [-0.1, -0.05) is 5.16 Å². The predicted octanol–water partition coefficient (Wildman–Crippen LogP) is -6.39. The fraction of sp³-hybridized carbons (Fsp3) is 0.286. The lowest BCUT2D eigenvalue weighted by Gasteiger charge is -1.99. The summed E-state index contributed by atoms with van der Waals surface area (Å²) in [6, 6.07) is 3.42. The molecule has 0 saturated carbocycles. The second-order valence-corrected chi connectivity index (χ2v) is 4.75. The predicted molar refractivity (Wildman–Crippen MR) is 74.8 cm³/mol. The molecule has 2 aromatic heterocycles. The van der Waals surface area contributed by atoms with Crippen molar-refractivity contribution in [2.24, 2.45) is 17.9 Å². The zero-order chi connectivity index (χ0) is 15.2. The van der Waals surface area contributed by atoms with Gasteiger partial charge in [0.25, 0.3) is 0 Å². The van der Waals surface area contributed by atoms with E-state index in [0.717, 1.165) is 25.3 Å². The lowest BCUT2D eigenvalue weighted by atomic mass is 10.2. The van der Waals surface area contributed by atoms with E-state index in [-0.39, 0.29) is 24.8 Å². The third kappa shape index (κ3) is 5.54. The Hall–Kier alpha value is -2.12. The Morgan fingerprint density at radius 3 is 2.57 bits per heavy atom. The van der Waals surface area contributed by atoms with Crippen LogP contribution in [0.5, 0.6) is 0 Å². The summed E-state index contributed by atoms with van der Waals surface area (Å²) in [6.07, 6.45) is 9.84. The average Bonchev–Trinajstić information content (AvgIpc) is 2.81. The first kappa shape index (κ1) is 20.9. The fourth-order valence-corrected chi connectivity index (χ4v) is 2.14. The van der Waals surface area contributed by atoms with Gasteiger partial charge in [0.05, 0.1) is 19.2 Å². The average molecular weight is 360 g/mol. The SMILES string of the molecule is C[n+]1ccn(CCC[n+]2ccc(C(N)=O)cc2)c1/C=N/O.[Cl-].[Cl-]. The third-order valence-electron chi connectivity index (χ3n) is 3.29. The fourth-order valence-electron chi connectivity index (χ4n) is 2.14. The lowest BCUT2D eigenvalue weighted by molar-refractivity contribution is -0.697. The van der Waals surface area contributed by atoms with Crippen LogP contribution in [0, 0.1) is 0 Å². The molecule has 126 valence electrons. The highest BCUT2D eigenvalue weighted by Crippen LogP contribution is 1.97. The molecule has 9 heteroatoms. The quantitative estimate of drug-likeness (QED) is 0.232. The minimum atomic E-state index is -0.421. The maximum atomic E-state index is 11.0. The molecule has 0 unspecified atom stereocenters. The number of hydrogen-bond acceptors (Lipinski definition) is 3. The third-order valence-corrected chi connectivity index (χ3v) is 3.29. The molecule has 0 aromatic carbocycles. The van der Waals surface area contributed by atoms with Crippen molar-refractivity contribution in [3.05, 3.63) is 48.3 Å². The first-order valence-electron chi connectivity index (χ1n) is 6.63. The van der Waals surface area contributed by atoms with E-state index >= 15 is 0 Å². The van der Waals surface area contributed by atoms with Gasteiger partial charge in [-0.25, -0.2) is 13.7 Å². The van der Waals surface area contributed by atoms with Gasteiger partial charge >= 0.3 is 5.82 Å². The zero-order valence-corrected chi connectivity index (χ0v) is 14.2. The number of hydrogen-bond donors (Lipinski definition) is 2. The number of oxime groups is 1. The Kier molecular flexibility index (Phi) is 8.90. The number of aromatic nitrogens is 3. The number of nitrogens with zero attached hydrogens (tertiary/aromatic N) is 4. The van der Waals surface area contributed by atoms with Crippen molar-refractivity contribution < 1.29 is 44.0 Å². The number of amides is 1. The van der Waals surface area contributed by atoms with Gasteiger partial charge in [-0.2, -0.15) is 0 Å². The van der Waals surface area contributed by atoms with E-state index in [1.54, 1.807) is 12.1 Å². The Morgan fingerprint density at radius 2 is 2.00 bits per heavy atom. The number of pyridine rings is 1. The molecule has 0 aliphatic heterocycles. The van der Waals surface area contributed by atoms with Crippen LogP contribution in [0.1, 0.15) is 22.6 Å². The Labute approximate surface area is 146 Å². The molecule has 23 heavy (non-hydrogen) atoms. The first-order chi connectivity index (χ1) is 10.1. The van der Waals surface area contributed by atoms with E-state index in [1.165, 1.54) is 6.21 Å². The molecule has 0 spiro atoms. The van der Waals surface area contributed by atoms with Crippen LogP contribution in [0.25, 0.3) is 0 Å². The van der Waals surface area contributed by atoms with Gasteiger partial charge in [-0.3, -0.25) is 4.79 Å². The number of imidazole rings is 1. The molecule has 2 rings (SSSR count). The van der Waals surface area contributed by atoms with Crippen LogP contribution in [0.3, 0.4) is 0 Å². The maximum Gasteiger partial charge on any atom is 0.303 e. The van der Waals surface area contributed by atoms with Gasteiger partial charge in [0.2, 0.25) is 5.91 Å². The molecule has 0 fully saturated rings. The van der Waals surface area contributed by atoms with E-state index in [9.17, 15) is 4.79 Å². The van der Waals surface area contributed by atoms with Crippen LogP contribution in [-0.4, -0.2) is 21.9 Å². The van der Waals surface area contributed by atoms with Crippen molar-refractivity contribution in [2.75, 3.05) is 0 Å². The van der Waals surface area contributed by atoms with E-state index in [4.69, 9.17) is 10.9 Å². The number of carbonyl (C=O) groups is 1. The molecule has 0 atom stereocenters. The Morgan fingerprint density at radius 1 is 1.35 bits per heavy atom. The number of carbonyl (C=O) groups excluding carboxylic acids is 1. The smallest absolute Gasteiger partial charge is 0.303 e. The summed E-state index contributed by atoms with van der Waals surface area (Å²) in [5.41, 5.74) is 5.71. The van der Waals surface area contributed by atoms with Gasteiger partial charge in [-0.05, 0) is 0 Å². The monoisotopic (exact) mass is 359 g/mol. The van der Waals surface area contributed by atoms with Crippen molar-refractivity contribution in [1.29, 1.82) is 0 Å². The minimum Gasteiger partial charge on any atom is -1.00 e. The van der Waals surface area contributed by atoms with Crippen LogP contribution >= 0.6 is 0 Å². The molecule has 1 amide bonds. The molecule has 0 radical (unpaired) electrons. The molecule has 0 aliphatic carbocycles. The highest BCUT2D eigenvalue weighted by Gasteiger charge is 2.13. The van der Waals surface area contributed by atoms with Crippen molar-refractivity contribution >= 4 is 12.1 Å². The zero-order valence-electron chi connectivity index (χ0n) is 12.6. The van der Waals surface area contributed by atoms with Crippen molar-refractivity contribution in [2.45, 2.75) is 19.5 Å². The summed E-state index contributed by atoms with van der Waals surface area (Å²) in [7, 11) is 1.89. The second kappa shape index (κ2) is 9.81.